The van der Waals surface area contributed by atoms with Crippen LogP contribution in [0.15, 0.2) is 358 Å². The molecule has 3 aromatic heterocycles. The fourth-order valence-electron chi connectivity index (χ4n) is 15.0. The lowest BCUT2D eigenvalue weighted by atomic mass is 9.33. The van der Waals surface area contributed by atoms with E-state index in [2.05, 4.69) is 306 Å². The van der Waals surface area contributed by atoms with Crippen LogP contribution in [-0.2, 0) is 0 Å². The van der Waals surface area contributed by atoms with Crippen molar-refractivity contribution in [3.63, 3.8) is 0 Å². The number of hydrogen-bond acceptors (Lipinski definition) is 7. The van der Waals surface area contributed by atoms with E-state index < -0.39 is 0 Å². The van der Waals surface area contributed by atoms with Crippen LogP contribution in [0.4, 0.5) is 34.1 Å². The summed E-state index contributed by atoms with van der Waals surface area (Å²) in [6.45, 7) is 0.0702. The van der Waals surface area contributed by atoms with Crippen molar-refractivity contribution >= 4 is 79.0 Å². The summed E-state index contributed by atoms with van der Waals surface area (Å²) in [4.78, 5) is 31.6. The number of para-hydroxylation sites is 3. The molecular weight excluding hydrogens is 1220 g/mol. The molecule has 0 N–H and O–H groups in total. The molecule has 0 fully saturated rings. The van der Waals surface area contributed by atoms with Crippen LogP contribution < -0.4 is 26.2 Å². The van der Waals surface area contributed by atoms with Crippen molar-refractivity contribution in [3.05, 3.63) is 358 Å². The third kappa shape index (κ3) is 10.1. The molecule has 0 spiro atoms. The van der Waals surface area contributed by atoms with Gasteiger partial charge in [-0.3, -0.25) is 0 Å². The van der Waals surface area contributed by atoms with E-state index >= 15 is 0 Å². The van der Waals surface area contributed by atoms with E-state index in [4.69, 9.17) is 24.9 Å². The van der Waals surface area contributed by atoms with Crippen molar-refractivity contribution < 1.29 is 0 Å². The number of anilines is 6. The van der Waals surface area contributed by atoms with Crippen molar-refractivity contribution in [3.8, 4) is 107 Å². The van der Waals surface area contributed by atoms with Crippen LogP contribution in [0.2, 0.25) is 0 Å². The third-order valence-electron chi connectivity index (χ3n) is 19.7. The summed E-state index contributed by atoms with van der Waals surface area (Å²) in [5.41, 5.74) is 27.5. The Kier molecular flexibility index (Phi) is 14.1. The first-order chi connectivity index (χ1) is 49.6. The van der Waals surface area contributed by atoms with Crippen LogP contribution in [0.25, 0.3) is 129 Å². The second-order valence-electron chi connectivity index (χ2n) is 25.5. The van der Waals surface area contributed by atoms with Gasteiger partial charge >= 0.3 is 0 Å². The zero-order valence-corrected chi connectivity index (χ0v) is 54.2. The minimum atomic E-state index is 0.0702. The second-order valence-corrected chi connectivity index (χ2v) is 25.5. The highest BCUT2D eigenvalue weighted by Crippen LogP contribution is 2.46. The molecule has 0 radical (unpaired) electrons. The molecule has 14 aromatic carbocycles. The van der Waals surface area contributed by atoms with E-state index in [9.17, 15) is 0 Å². The Bertz CT molecular complexity index is 5800. The van der Waals surface area contributed by atoms with Crippen molar-refractivity contribution in [1.82, 2.24) is 29.5 Å². The first-order valence-electron chi connectivity index (χ1n) is 33.9. The highest BCUT2D eigenvalue weighted by molar-refractivity contribution is 7.00. The Hall–Kier alpha value is -13.4. The molecule has 100 heavy (non-hydrogen) atoms. The molecule has 0 atom stereocenters. The van der Waals surface area contributed by atoms with E-state index in [1.807, 2.05) is 66.7 Å². The smallest absolute Gasteiger partial charge is 0.252 e. The first kappa shape index (κ1) is 58.0. The Morgan fingerprint density at radius 2 is 0.580 bits per heavy atom. The largest absolute Gasteiger partial charge is 0.311 e. The minimum Gasteiger partial charge on any atom is -0.311 e. The van der Waals surface area contributed by atoms with Crippen LogP contribution in [0.3, 0.4) is 0 Å². The molecule has 0 saturated heterocycles. The molecule has 466 valence electrons. The van der Waals surface area contributed by atoms with Gasteiger partial charge in [0.1, 0.15) is 0 Å². The molecule has 0 bridgehead atoms. The van der Waals surface area contributed by atoms with Crippen LogP contribution in [-0.4, -0.2) is 36.2 Å². The predicted octanol–water partition coefficient (Wildman–Crippen LogP) is 20.8. The van der Waals surface area contributed by atoms with Gasteiger partial charge < -0.3 is 14.4 Å². The van der Waals surface area contributed by atoms with Gasteiger partial charge in [0.15, 0.2) is 23.3 Å². The molecule has 8 nitrogen and oxygen atoms in total. The van der Waals surface area contributed by atoms with E-state index in [-0.39, 0.29) is 6.71 Å². The zero-order chi connectivity index (χ0) is 66.0. The standard InChI is InChI=1S/C91H59BN8/c1-7-24-60(25-8-1)68-48-53-80-73(56-68)74-57-69(61-26-9-2-10-27-61)49-54-81(74)100(80)82-55-50-70(91-96-89(65-30-13-4-14-31-65)95-90(97-91)66-32-15-5-16-33-66)58-75(82)79-59-78(64-28-11-3-12-29-64)93-88(94-79)67-44-42-62(43-45-67)63-46-51-72(52-47-63)99-84-39-22-20-37-77(84)92-76-36-19-21-38-83(76)98(71-34-17-6-18-35-71)85-40-23-41-86(99)87(85)92/h1-59H. The van der Waals surface area contributed by atoms with Crippen molar-refractivity contribution in [2.75, 3.05) is 9.80 Å². The maximum absolute atomic E-state index is 5.68. The monoisotopic (exact) mass is 1270 g/mol. The minimum absolute atomic E-state index is 0.0702. The summed E-state index contributed by atoms with van der Waals surface area (Å²) < 4.78 is 2.41. The molecule has 17 aromatic rings. The van der Waals surface area contributed by atoms with Crippen molar-refractivity contribution in [2.45, 2.75) is 0 Å². The molecule has 0 saturated carbocycles. The van der Waals surface area contributed by atoms with Gasteiger partial charge in [0.05, 0.1) is 28.1 Å². The fraction of sp³-hybridized carbons (Fsp3) is 0. The third-order valence-corrected chi connectivity index (χ3v) is 19.7. The van der Waals surface area contributed by atoms with Crippen molar-refractivity contribution in [2.24, 2.45) is 0 Å². The molecular formula is C91H59BN8. The fourth-order valence-corrected chi connectivity index (χ4v) is 15.0. The van der Waals surface area contributed by atoms with Gasteiger partial charge in [0.2, 0.25) is 0 Å². The normalized spacial score (nSPS) is 12.1. The number of fused-ring (bicyclic) bond motifs is 7. The van der Waals surface area contributed by atoms with Gasteiger partial charge in [-0.05, 0) is 147 Å². The van der Waals surface area contributed by atoms with Crippen LogP contribution in [0.1, 0.15) is 0 Å². The van der Waals surface area contributed by atoms with Crippen LogP contribution in [0, 0.1) is 0 Å². The predicted molar refractivity (Wildman–Crippen MR) is 413 cm³/mol. The number of aromatic nitrogens is 6. The summed E-state index contributed by atoms with van der Waals surface area (Å²) in [7, 11) is 0. The number of benzene rings is 14. The summed E-state index contributed by atoms with van der Waals surface area (Å²) in [5.74, 6) is 2.30. The molecule has 9 heteroatoms. The van der Waals surface area contributed by atoms with Gasteiger partial charge in [-0.1, -0.05) is 261 Å². The second kappa shape index (κ2) is 24.4. The summed E-state index contributed by atoms with van der Waals surface area (Å²) in [6.07, 6.45) is 0. The number of hydrogen-bond donors (Lipinski definition) is 0. The molecule has 5 heterocycles. The van der Waals surface area contributed by atoms with E-state index in [1.54, 1.807) is 0 Å². The van der Waals surface area contributed by atoms with E-state index in [0.29, 0.717) is 23.3 Å². The molecule has 0 amide bonds. The highest BCUT2D eigenvalue weighted by Gasteiger charge is 2.43. The van der Waals surface area contributed by atoms with Gasteiger partial charge in [-0.15, -0.1) is 0 Å². The Morgan fingerprint density at radius 3 is 1.10 bits per heavy atom. The maximum Gasteiger partial charge on any atom is 0.252 e. The van der Waals surface area contributed by atoms with E-state index in [1.165, 1.54) is 39.1 Å². The van der Waals surface area contributed by atoms with E-state index in [0.717, 1.165) is 117 Å². The topological polar surface area (TPSA) is 75.9 Å². The highest BCUT2D eigenvalue weighted by atomic mass is 15.2. The van der Waals surface area contributed by atoms with Gasteiger partial charge in [0, 0.05) is 78.3 Å². The summed E-state index contributed by atoms with van der Waals surface area (Å²) in [6, 6.07) is 127. The lowest BCUT2D eigenvalue weighted by Crippen LogP contribution is -2.61. The lowest BCUT2D eigenvalue weighted by molar-refractivity contribution is 1.07. The maximum atomic E-state index is 5.68. The number of nitrogens with zero attached hydrogens (tertiary/aromatic N) is 8. The quantitative estimate of drug-likeness (QED) is 0.113. The van der Waals surface area contributed by atoms with Gasteiger partial charge in [0.25, 0.3) is 6.71 Å². The Morgan fingerprint density at radius 1 is 0.220 bits per heavy atom. The SMILES string of the molecule is c1ccc(-c2ccc3c(c2)c2cc(-c4ccccc4)ccc2n3-c2ccc(-c3nc(-c4ccccc4)nc(-c4ccccc4)n3)cc2-c2cc(-c3ccccc3)nc(-c3ccc(-c4ccc(N5c6ccccc6B6c7ccccc7N(c7ccccc7)c7cccc5c76)cc4)cc3)n2)cc1. The van der Waals surface area contributed by atoms with Crippen LogP contribution in [0.5, 0.6) is 0 Å². The van der Waals surface area contributed by atoms with Gasteiger partial charge in [-0.25, -0.2) is 24.9 Å². The van der Waals surface area contributed by atoms with Crippen LogP contribution >= 0.6 is 0 Å². The Balaban J connectivity index is 0.753. The molecule has 0 unspecified atom stereocenters. The summed E-state index contributed by atoms with van der Waals surface area (Å²) in [5, 5.41) is 2.27. The zero-order valence-electron chi connectivity index (χ0n) is 54.2. The molecule has 19 rings (SSSR count). The summed E-state index contributed by atoms with van der Waals surface area (Å²) >= 11 is 0. The average Bonchev–Trinajstić information content (AvgIpc) is 0.941. The molecule has 2 aliphatic heterocycles. The average molecular weight is 1280 g/mol. The molecule has 0 aliphatic carbocycles. The number of rotatable bonds is 12. The lowest BCUT2D eigenvalue weighted by Gasteiger charge is -2.44. The molecule has 2 aliphatic rings. The van der Waals surface area contributed by atoms with Crippen molar-refractivity contribution in [1.29, 1.82) is 0 Å². The Labute approximate surface area is 579 Å². The first-order valence-corrected chi connectivity index (χ1v) is 33.9. The van der Waals surface area contributed by atoms with Gasteiger partial charge in [-0.2, -0.15) is 0 Å².